The molecule has 1 aliphatic heterocycles. The van der Waals surface area contributed by atoms with E-state index in [0.717, 1.165) is 38.8 Å². The van der Waals surface area contributed by atoms with Gasteiger partial charge in [0.2, 0.25) is 0 Å². The minimum atomic E-state index is 0.102. The second-order valence-electron chi connectivity index (χ2n) is 6.93. The van der Waals surface area contributed by atoms with E-state index in [-0.39, 0.29) is 5.60 Å². The molecule has 1 saturated heterocycles. The molecule has 2 aliphatic rings. The SMILES string of the molecule is CCCNCC1(OCC2CCOCC2)CCCC(C)C1. The summed E-state index contributed by atoms with van der Waals surface area (Å²) in [4.78, 5) is 0. The van der Waals surface area contributed by atoms with E-state index in [1.165, 1.54) is 44.9 Å². The number of hydrogen-bond acceptors (Lipinski definition) is 3. The fraction of sp³-hybridized carbons (Fsp3) is 1.00. The van der Waals surface area contributed by atoms with Gasteiger partial charge in [-0.05, 0) is 50.5 Å². The van der Waals surface area contributed by atoms with Gasteiger partial charge in [0.15, 0.2) is 0 Å². The highest BCUT2D eigenvalue weighted by Gasteiger charge is 2.36. The van der Waals surface area contributed by atoms with Gasteiger partial charge >= 0.3 is 0 Å². The minimum Gasteiger partial charge on any atom is -0.381 e. The zero-order chi connectivity index (χ0) is 14.3. The van der Waals surface area contributed by atoms with Crippen LogP contribution in [0.1, 0.15) is 58.8 Å². The zero-order valence-corrected chi connectivity index (χ0v) is 13.5. The first-order valence-electron chi connectivity index (χ1n) is 8.66. The molecule has 1 aliphatic carbocycles. The van der Waals surface area contributed by atoms with E-state index >= 15 is 0 Å². The highest BCUT2D eigenvalue weighted by molar-refractivity contribution is 4.89. The molecule has 3 heteroatoms. The highest BCUT2D eigenvalue weighted by atomic mass is 16.5. The van der Waals surface area contributed by atoms with Crippen LogP contribution in [0.5, 0.6) is 0 Å². The summed E-state index contributed by atoms with van der Waals surface area (Å²) in [6, 6.07) is 0. The summed E-state index contributed by atoms with van der Waals surface area (Å²) in [5.74, 6) is 1.52. The van der Waals surface area contributed by atoms with Crippen molar-refractivity contribution in [3.05, 3.63) is 0 Å². The molecular weight excluding hydrogens is 250 g/mol. The van der Waals surface area contributed by atoms with Crippen LogP contribution < -0.4 is 5.32 Å². The van der Waals surface area contributed by atoms with Gasteiger partial charge in [-0.15, -0.1) is 0 Å². The summed E-state index contributed by atoms with van der Waals surface area (Å²) in [5.41, 5.74) is 0.102. The number of rotatable bonds is 7. The lowest BCUT2D eigenvalue weighted by molar-refractivity contribution is -0.101. The fourth-order valence-corrected chi connectivity index (χ4v) is 3.66. The van der Waals surface area contributed by atoms with E-state index in [1.54, 1.807) is 0 Å². The molecule has 2 atom stereocenters. The Labute approximate surface area is 124 Å². The van der Waals surface area contributed by atoms with Crippen LogP contribution >= 0.6 is 0 Å². The molecule has 0 bridgehead atoms. The molecule has 3 nitrogen and oxygen atoms in total. The van der Waals surface area contributed by atoms with Crippen molar-refractivity contribution in [1.82, 2.24) is 5.32 Å². The van der Waals surface area contributed by atoms with E-state index in [9.17, 15) is 0 Å². The quantitative estimate of drug-likeness (QED) is 0.727. The Morgan fingerprint density at radius 3 is 2.75 bits per heavy atom. The van der Waals surface area contributed by atoms with Crippen molar-refractivity contribution >= 4 is 0 Å². The normalized spacial score (nSPS) is 32.4. The Hall–Kier alpha value is -0.120. The Balaban J connectivity index is 1.84. The van der Waals surface area contributed by atoms with Crippen LogP contribution in [0.2, 0.25) is 0 Å². The molecule has 118 valence electrons. The third kappa shape index (κ3) is 5.01. The third-order valence-electron chi connectivity index (χ3n) is 4.89. The van der Waals surface area contributed by atoms with Gasteiger partial charge < -0.3 is 14.8 Å². The molecule has 0 spiro atoms. The van der Waals surface area contributed by atoms with Gasteiger partial charge in [-0.25, -0.2) is 0 Å². The topological polar surface area (TPSA) is 30.5 Å². The van der Waals surface area contributed by atoms with Gasteiger partial charge in [0.05, 0.1) is 12.2 Å². The van der Waals surface area contributed by atoms with E-state index in [1.807, 2.05) is 0 Å². The third-order valence-corrected chi connectivity index (χ3v) is 4.89. The van der Waals surface area contributed by atoms with Crippen molar-refractivity contribution in [2.75, 3.05) is 32.9 Å². The maximum atomic E-state index is 6.51. The minimum absolute atomic E-state index is 0.102. The largest absolute Gasteiger partial charge is 0.381 e. The fourth-order valence-electron chi connectivity index (χ4n) is 3.66. The smallest absolute Gasteiger partial charge is 0.0808 e. The first-order valence-corrected chi connectivity index (χ1v) is 8.66. The Kier molecular flexibility index (Phi) is 6.79. The van der Waals surface area contributed by atoms with Gasteiger partial charge in [0.1, 0.15) is 0 Å². The molecule has 0 radical (unpaired) electrons. The van der Waals surface area contributed by atoms with Gasteiger partial charge in [-0.1, -0.05) is 26.7 Å². The van der Waals surface area contributed by atoms with Crippen molar-refractivity contribution in [1.29, 1.82) is 0 Å². The molecule has 2 fully saturated rings. The standard InChI is InChI=1S/C17H33NO2/c1-3-9-18-14-17(8-4-5-15(2)12-17)20-13-16-6-10-19-11-7-16/h15-16,18H,3-14H2,1-2H3. The van der Waals surface area contributed by atoms with Gasteiger partial charge in [-0.2, -0.15) is 0 Å². The summed E-state index contributed by atoms with van der Waals surface area (Å²) in [5, 5.41) is 3.60. The Morgan fingerprint density at radius 1 is 1.25 bits per heavy atom. The molecule has 2 rings (SSSR count). The molecule has 0 aromatic carbocycles. The highest BCUT2D eigenvalue weighted by Crippen LogP contribution is 2.35. The molecule has 0 aromatic rings. The van der Waals surface area contributed by atoms with Crippen LogP contribution in [0.3, 0.4) is 0 Å². The molecule has 1 saturated carbocycles. The first-order chi connectivity index (χ1) is 9.74. The van der Waals surface area contributed by atoms with E-state index in [0.29, 0.717) is 5.92 Å². The van der Waals surface area contributed by atoms with Crippen LogP contribution in [-0.2, 0) is 9.47 Å². The van der Waals surface area contributed by atoms with Gasteiger partial charge in [0, 0.05) is 19.8 Å². The maximum Gasteiger partial charge on any atom is 0.0808 e. The summed E-state index contributed by atoms with van der Waals surface area (Å²) in [7, 11) is 0. The first kappa shape index (κ1) is 16.3. The van der Waals surface area contributed by atoms with E-state index < -0.39 is 0 Å². The second-order valence-corrected chi connectivity index (χ2v) is 6.93. The predicted molar refractivity (Wildman–Crippen MR) is 83.0 cm³/mol. The van der Waals surface area contributed by atoms with Crippen LogP contribution in [0.25, 0.3) is 0 Å². The average molecular weight is 283 g/mol. The summed E-state index contributed by atoms with van der Waals surface area (Å²) in [6.45, 7) is 9.53. The average Bonchev–Trinajstić information content (AvgIpc) is 2.47. The summed E-state index contributed by atoms with van der Waals surface area (Å²) >= 11 is 0. The van der Waals surface area contributed by atoms with Crippen LogP contribution in [0, 0.1) is 11.8 Å². The molecule has 1 N–H and O–H groups in total. The van der Waals surface area contributed by atoms with Crippen LogP contribution in [0.4, 0.5) is 0 Å². The van der Waals surface area contributed by atoms with Gasteiger partial charge in [-0.3, -0.25) is 0 Å². The predicted octanol–water partition coefficient (Wildman–Crippen LogP) is 3.38. The molecule has 2 unspecified atom stereocenters. The van der Waals surface area contributed by atoms with Crippen molar-refractivity contribution in [3.8, 4) is 0 Å². The molecular formula is C17H33NO2. The monoisotopic (exact) mass is 283 g/mol. The molecule has 0 amide bonds. The number of hydrogen-bond donors (Lipinski definition) is 1. The molecule has 1 heterocycles. The van der Waals surface area contributed by atoms with Crippen molar-refractivity contribution < 1.29 is 9.47 Å². The van der Waals surface area contributed by atoms with Crippen molar-refractivity contribution in [3.63, 3.8) is 0 Å². The van der Waals surface area contributed by atoms with Crippen LogP contribution in [0.15, 0.2) is 0 Å². The zero-order valence-electron chi connectivity index (χ0n) is 13.5. The summed E-state index contributed by atoms with van der Waals surface area (Å²) < 4.78 is 12.0. The van der Waals surface area contributed by atoms with Crippen molar-refractivity contribution in [2.24, 2.45) is 11.8 Å². The lowest BCUT2D eigenvalue weighted by atomic mass is 9.78. The molecule has 20 heavy (non-hydrogen) atoms. The van der Waals surface area contributed by atoms with Gasteiger partial charge in [0.25, 0.3) is 0 Å². The van der Waals surface area contributed by atoms with E-state index in [4.69, 9.17) is 9.47 Å². The van der Waals surface area contributed by atoms with Crippen LogP contribution in [-0.4, -0.2) is 38.5 Å². The second kappa shape index (κ2) is 8.35. The number of ether oxygens (including phenoxy) is 2. The molecule has 0 aromatic heterocycles. The lowest BCUT2D eigenvalue weighted by Crippen LogP contribution is -2.47. The Morgan fingerprint density at radius 2 is 2.05 bits per heavy atom. The summed E-state index contributed by atoms with van der Waals surface area (Å²) in [6.07, 6.45) is 8.71. The van der Waals surface area contributed by atoms with E-state index in [2.05, 4.69) is 19.2 Å². The van der Waals surface area contributed by atoms with Crippen molar-refractivity contribution in [2.45, 2.75) is 64.4 Å². The Bertz CT molecular complexity index is 266. The maximum absolute atomic E-state index is 6.51. The lowest BCUT2D eigenvalue weighted by Gasteiger charge is -2.41. The number of nitrogens with one attached hydrogen (secondary N) is 1.